The quantitative estimate of drug-likeness (QED) is 0.651. The van der Waals surface area contributed by atoms with Crippen LogP contribution in [-0.2, 0) is 0 Å². The van der Waals surface area contributed by atoms with Gasteiger partial charge in [-0.2, -0.15) is 21.0 Å². The SMILES string of the molecule is CC1(C)C[C@@]2(C)NC(=C(C#N)C#N)[C@@]1(C#N)C(=N)[C@H]2C#N. The Bertz CT molecular complexity index is 713. The van der Waals surface area contributed by atoms with E-state index in [0.717, 1.165) is 0 Å². The first-order valence-corrected chi connectivity index (χ1v) is 6.47. The molecule has 0 aromatic carbocycles. The molecule has 1 saturated carbocycles. The maximum absolute atomic E-state index is 9.79. The molecule has 0 aromatic rings. The van der Waals surface area contributed by atoms with E-state index in [1.54, 1.807) is 19.1 Å². The molecule has 3 atom stereocenters. The Labute approximate surface area is 123 Å². The number of nitrogens with zero attached hydrogens (tertiary/aromatic N) is 4. The number of fused-ring (bicyclic) bond motifs is 3. The highest BCUT2D eigenvalue weighted by Crippen LogP contribution is 2.61. The van der Waals surface area contributed by atoms with Crippen LogP contribution in [0.2, 0.25) is 0 Å². The van der Waals surface area contributed by atoms with Crippen LogP contribution in [0.25, 0.3) is 0 Å². The largest absolute Gasteiger partial charge is 0.378 e. The second-order valence-electron chi connectivity index (χ2n) is 6.41. The van der Waals surface area contributed by atoms with Crippen LogP contribution < -0.4 is 5.32 Å². The lowest BCUT2D eigenvalue weighted by Crippen LogP contribution is -2.72. The van der Waals surface area contributed by atoms with Gasteiger partial charge in [-0.1, -0.05) is 13.8 Å². The monoisotopic (exact) mass is 278 g/mol. The van der Waals surface area contributed by atoms with E-state index >= 15 is 0 Å². The standard InChI is InChI=1S/C15H14N6/c1-13(2)7-14(3)10(6-18)11(20)15(13,8-19)12(21-14)9(4-16)5-17/h10,20-21H,7H2,1-3H3/t10-,14-,15-/m1/s1. The van der Waals surface area contributed by atoms with Crippen molar-refractivity contribution >= 4 is 5.71 Å². The molecule has 6 nitrogen and oxygen atoms in total. The Hall–Kier alpha value is -2.83. The molecule has 2 heterocycles. The zero-order chi connectivity index (χ0) is 16.1. The van der Waals surface area contributed by atoms with Crippen molar-refractivity contribution in [2.24, 2.45) is 16.7 Å². The third-order valence-electron chi connectivity index (χ3n) is 4.71. The molecule has 2 saturated heterocycles. The lowest BCUT2D eigenvalue weighted by molar-refractivity contribution is 0.0572. The van der Waals surface area contributed by atoms with E-state index in [4.69, 9.17) is 15.9 Å². The first-order valence-electron chi connectivity index (χ1n) is 6.47. The highest BCUT2D eigenvalue weighted by atomic mass is 15.1. The minimum atomic E-state index is -1.44. The summed E-state index contributed by atoms with van der Waals surface area (Å²) in [6.45, 7) is 5.47. The Balaban J connectivity index is 2.91. The Kier molecular flexibility index (Phi) is 2.83. The van der Waals surface area contributed by atoms with E-state index < -0.39 is 22.3 Å². The highest BCUT2D eigenvalue weighted by molar-refractivity contribution is 6.01. The molecule has 3 aliphatic rings. The van der Waals surface area contributed by atoms with Gasteiger partial charge >= 0.3 is 0 Å². The van der Waals surface area contributed by atoms with Crippen molar-refractivity contribution in [1.82, 2.24) is 5.32 Å². The van der Waals surface area contributed by atoms with Gasteiger partial charge in [0.2, 0.25) is 0 Å². The number of rotatable bonds is 0. The smallest absolute Gasteiger partial charge is 0.150 e. The second-order valence-corrected chi connectivity index (χ2v) is 6.41. The van der Waals surface area contributed by atoms with Crippen LogP contribution >= 0.6 is 0 Å². The molecule has 0 spiro atoms. The minimum Gasteiger partial charge on any atom is -0.378 e. The summed E-state index contributed by atoms with van der Waals surface area (Å²) in [4.78, 5) is 0. The predicted octanol–water partition coefficient (Wildman–Crippen LogP) is 1.75. The summed E-state index contributed by atoms with van der Waals surface area (Å²) in [6.07, 6.45) is 0.502. The fraction of sp³-hybridized carbons (Fsp3) is 0.533. The van der Waals surface area contributed by atoms with Crippen molar-refractivity contribution in [2.75, 3.05) is 0 Å². The number of hydrogen-bond donors (Lipinski definition) is 2. The molecule has 3 rings (SSSR count). The molecular formula is C15H14N6. The number of nitriles is 4. The van der Waals surface area contributed by atoms with Gasteiger partial charge in [-0.15, -0.1) is 0 Å². The van der Waals surface area contributed by atoms with Crippen LogP contribution in [0.4, 0.5) is 0 Å². The number of piperidine rings is 2. The van der Waals surface area contributed by atoms with Gasteiger partial charge in [0.15, 0.2) is 5.57 Å². The number of hydrogen-bond acceptors (Lipinski definition) is 6. The molecule has 104 valence electrons. The van der Waals surface area contributed by atoms with Crippen molar-refractivity contribution < 1.29 is 0 Å². The van der Waals surface area contributed by atoms with Crippen molar-refractivity contribution in [1.29, 1.82) is 26.5 Å². The lowest BCUT2D eigenvalue weighted by Gasteiger charge is -2.61. The summed E-state index contributed by atoms with van der Waals surface area (Å²) >= 11 is 0. The molecule has 0 radical (unpaired) electrons. The lowest BCUT2D eigenvalue weighted by atomic mass is 9.45. The number of allylic oxidation sites excluding steroid dienone is 2. The summed E-state index contributed by atoms with van der Waals surface area (Å²) in [5, 5.41) is 49.0. The Morgan fingerprint density at radius 2 is 1.76 bits per heavy atom. The normalized spacial score (nSPS) is 35.7. The molecule has 0 unspecified atom stereocenters. The van der Waals surface area contributed by atoms with Crippen molar-refractivity contribution in [2.45, 2.75) is 32.7 Å². The second kappa shape index (κ2) is 4.08. The maximum atomic E-state index is 9.79. The van der Waals surface area contributed by atoms with Crippen LogP contribution in [0.5, 0.6) is 0 Å². The van der Waals surface area contributed by atoms with Crippen LogP contribution in [0.15, 0.2) is 11.3 Å². The topological polar surface area (TPSA) is 131 Å². The third-order valence-corrected chi connectivity index (χ3v) is 4.71. The van der Waals surface area contributed by atoms with E-state index in [9.17, 15) is 10.5 Å². The fourth-order valence-electron chi connectivity index (χ4n) is 3.88. The molecule has 3 fully saturated rings. The summed E-state index contributed by atoms with van der Waals surface area (Å²) in [6, 6.07) is 7.82. The van der Waals surface area contributed by atoms with Gasteiger partial charge in [0, 0.05) is 0 Å². The van der Waals surface area contributed by atoms with E-state index in [0.29, 0.717) is 6.42 Å². The van der Waals surface area contributed by atoms with E-state index in [-0.39, 0.29) is 17.0 Å². The van der Waals surface area contributed by atoms with E-state index in [1.807, 2.05) is 13.8 Å². The van der Waals surface area contributed by atoms with Gasteiger partial charge in [-0.05, 0) is 18.8 Å². The third kappa shape index (κ3) is 1.45. The average Bonchev–Trinajstić information content (AvgIpc) is 2.38. The van der Waals surface area contributed by atoms with Crippen molar-refractivity contribution in [3.63, 3.8) is 0 Å². The van der Waals surface area contributed by atoms with Gasteiger partial charge in [0.05, 0.1) is 29.1 Å². The van der Waals surface area contributed by atoms with E-state index in [1.165, 1.54) is 0 Å². The molecule has 0 aromatic heterocycles. The zero-order valence-electron chi connectivity index (χ0n) is 12.1. The highest BCUT2D eigenvalue weighted by Gasteiger charge is 2.68. The minimum absolute atomic E-state index is 0.0250. The predicted molar refractivity (Wildman–Crippen MR) is 73.1 cm³/mol. The van der Waals surface area contributed by atoms with Gasteiger partial charge in [0.25, 0.3) is 0 Å². The van der Waals surface area contributed by atoms with Crippen LogP contribution in [0.3, 0.4) is 0 Å². The van der Waals surface area contributed by atoms with Gasteiger partial charge in [-0.3, -0.25) is 0 Å². The zero-order valence-corrected chi connectivity index (χ0v) is 12.1. The van der Waals surface area contributed by atoms with Crippen LogP contribution in [0, 0.1) is 67.5 Å². The molecule has 2 aliphatic heterocycles. The molecule has 2 N–H and O–H groups in total. The summed E-state index contributed by atoms with van der Waals surface area (Å²) in [7, 11) is 0. The first-order chi connectivity index (χ1) is 9.74. The molecule has 6 heteroatoms. The van der Waals surface area contributed by atoms with Crippen molar-refractivity contribution in [3.8, 4) is 24.3 Å². The molecule has 21 heavy (non-hydrogen) atoms. The first kappa shape index (κ1) is 14.6. The Morgan fingerprint density at radius 3 is 2.19 bits per heavy atom. The molecule has 1 aliphatic carbocycles. The maximum Gasteiger partial charge on any atom is 0.150 e. The molecular weight excluding hydrogens is 264 g/mol. The number of nitrogens with one attached hydrogen (secondary N) is 2. The van der Waals surface area contributed by atoms with Gasteiger partial charge < -0.3 is 10.7 Å². The van der Waals surface area contributed by atoms with Gasteiger partial charge in [0.1, 0.15) is 23.5 Å². The van der Waals surface area contributed by atoms with E-state index in [2.05, 4.69) is 17.5 Å². The summed E-state index contributed by atoms with van der Waals surface area (Å²) in [5.41, 5.74) is -2.90. The fourth-order valence-corrected chi connectivity index (χ4v) is 3.88. The van der Waals surface area contributed by atoms with Crippen LogP contribution in [-0.4, -0.2) is 11.3 Å². The average molecular weight is 278 g/mol. The Morgan fingerprint density at radius 1 is 1.19 bits per heavy atom. The summed E-state index contributed by atoms with van der Waals surface area (Å²) in [5.74, 6) is -0.757. The van der Waals surface area contributed by atoms with Crippen LogP contribution in [0.1, 0.15) is 27.2 Å². The van der Waals surface area contributed by atoms with Gasteiger partial charge in [-0.25, -0.2) is 0 Å². The van der Waals surface area contributed by atoms with Crippen molar-refractivity contribution in [3.05, 3.63) is 11.3 Å². The molecule has 0 amide bonds. The molecule has 2 bridgehead atoms. The summed E-state index contributed by atoms with van der Waals surface area (Å²) < 4.78 is 0.